The third-order valence-corrected chi connectivity index (χ3v) is 3.62. The highest BCUT2D eigenvalue weighted by atomic mass is 16.5. The molecule has 0 bridgehead atoms. The Kier molecular flexibility index (Phi) is 3.74. The Morgan fingerprint density at radius 1 is 1.29 bits per heavy atom. The van der Waals surface area contributed by atoms with Gasteiger partial charge in [-0.15, -0.1) is 0 Å². The number of hydrogen-bond donors (Lipinski definition) is 1. The van der Waals surface area contributed by atoms with Gasteiger partial charge in [0.1, 0.15) is 11.3 Å². The Hall–Kier alpha value is -1.97. The van der Waals surface area contributed by atoms with Crippen LogP contribution in [-0.2, 0) is 5.41 Å². The van der Waals surface area contributed by atoms with Crippen LogP contribution in [0.4, 0.5) is 0 Å². The van der Waals surface area contributed by atoms with Crippen molar-refractivity contribution in [2.75, 3.05) is 7.11 Å². The number of carboxylic acids is 1. The number of hydrogen-bond acceptors (Lipinski definition) is 3. The maximum absolute atomic E-state index is 11.5. The summed E-state index contributed by atoms with van der Waals surface area (Å²) in [7, 11) is 1.61. The normalized spacial score (nSPS) is 12.1. The molecule has 0 spiro atoms. The number of carboxylic acid groups (broad SMARTS) is 1. The predicted molar refractivity (Wildman–Crippen MR) is 82.5 cm³/mol. The molecule has 2 rings (SSSR count). The molecule has 1 N–H and O–H groups in total. The van der Waals surface area contributed by atoms with Crippen LogP contribution in [0.15, 0.2) is 16.5 Å². The highest BCUT2D eigenvalue weighted by Gasteiger charge is 2.28. The fraction of sp³-hybridized carbons (Fsp3) is 0.471. The molecule has 0 aliphatic heterocycles. The van der Waals surface area contributed by atoms with E-state index in [-0.39, 0.29) is 17.1 Å². The van der Waals surface area contributed by atoms with Gasteiger partial charge in [0.25, 0.3) is 0 Å². The number of fused-ring (bicyclic) bond motifs is 1. The van der Waals surface area contributed by atoms with E-state index in [4.69, 9.17) is 9.15 Å². The fourth-order valence-corrected chi connectivity index (χ4v) is 2.60. The first-order valence-corrected chi connectivity index (χ1v) is 7.05. The second-order valence-electron chi connectivity index (χ2n) is 6.61. The summed E-state index contributed by atoms with van der Waals surface area (Å²) in [6.45, 7) is 10.1. The third kappa shape index (κ3) is 2.62. The van der Waals surface area contributed by atoms with E-state index in [2.05, 4.69) is 20.8 Å². The first kappa shape index (κ1) is 15.4. The summed E-state index contributed by atoms with van der Waals surface area (Å²) in [4.78, 5) is 11.5. The van der Waals surface area contributed by atoms with Crippen LogP contribution in [0, 0.1) is 0 Å². The zero-order chi connectivity index (χ0) is 15.9. The number of furan rings is 1. The van der Waals surface area contributed by atoms with Crippen LogP contribution < -0.4 is 4.74 Å². The lowest BCUT2D eigenvalue weighted by Gasteiger charge is -2.20. The van der Waals surface area contributed by atoms with Crippen molar-refractivity contribution in [3.05, 3.63) is 29.0 Å². The number of aromatic carboxylic acids is 1. The fourth-order valence-electron chi connectivity index (χ4n) is 2.60. The van der Waals surface area contributed by atoms with Gasteiger partial charge in [0.05, 0.1) is 7.11 Å². The van der Waals surface area contributed by atoms with E-state index >= 15 is 0 Å². The smallest absolute Gasteiger partial charge is 0.372 e. The lowest BCUT2D eigenvalue weighted by Crippen LogP contribution is -2.11. The van der Waals surface area contributed by atoms with Crippen LogP contribution >= 0.6 is 0 Å². The Morgan fingerprint density at radius 2 is 1.90 bits per heavy atom. The zero-order valence-electron chi connectivity index (χ0n) is 13.4. The average Bonchev–Trinajstić information content (AvgIpc) is 2.75. The highest BCUT2D eigenvalue weighted by Crippen LogP contribution is 2.40. The van der Waals surface area contributed by atoms with Crippen molar-refractivity contribution in [1.82, 2.24) is 0 Å². The summed E-state index contributed by atoms with van der Waals surface area (Å²) in [5.74, 6) is -0.239. The van der Waals surface area contributed by atoms with E-state index in [0.717, 1.165) is 16.5 Å². The Labute approximate surface area is 124 Å². The molecule has 114 valence electrons. The summed E-state index contributed by atoms with van der Waals surface area (Å²) in [5, 5.41) is 10.2. The van der Waals surface area contributed by atoms with Gasteiger partial charge in [-0.05, 0) is 23.5 Å². The number of ether oxygens (including phenoxy) is 1. The molecule has 0 fully saturated rings. The molecular weight excluding hydrogens is 268 g/mol. The quantitative estimate of drug-likeness (QED) is 0.900. The van der Waals surface area contributed by atoms with Gasteiger partial charge in [-0.25, -0.2) is 4.79 Å². The molecule has 21 heavy (non-hydrogen) atoms. The Bertz CT molecular complexity index is 687. The van der Waals surface area contributed by atoms with Crippen molar-refractivity contribution >= 4 is 16.9 Å². The predicted octanol–water partition coefficient (Wildman–Crippen LogP) is 4.56. The van der Waals surface area contributed by atoms with E-state index in [1.165, 1.54) is 0 Å². The van der Waals surface area contributed by atoms with Crippen molar-refractivity contribution in [3.63, 3.8) is 0 Å². The largest absolute Gasteiger partial charge is 0.497 e. The molecule has 4 heteroatoms. The molecule has 0 aliphatic rings. The van der Waals surface area contributed by atoms with Gasteiger partial charge >= 0.3 is 5.97 Å². The number of benzene rings is 1. The lowest BCUT2D eigenvalue weighted by atomic mass is 9.85. The standard InChI is InChI=1S/C17H22O4/c1-9(2)13-11-7-10(20-6)8-12(17(3,4)5)14(11)21-15(13)16(18)19/h7-9H,1-6H3,(H,18,19). The summed E-state index contributed by atoms with van der Waals surface area (Å²) in [6, 6.07) is 3.78. The second kappa shape index (κ2) is 5.10. The minimum Gasteiger partial charge on any atom is -0.497 e. The zero-order valence-corrected chi connectivity index (χ0v) is 13.4. The molecule has 0 amide bonds. The Morgan fingerprint density at radius 3 is 2.33 bits per heavy atom. The molecule has 1 aromatic heterocycles. The minimum absolute atomic E-state index is 0.0266. The highest BCUT2D eigenvalue weighted by molar-refractivity contribution is 5.97. The summed E-state index contributed by atoms with van der Waals surface area (Å²) >= 11 is 0. The van der Waals surface area contributed by atoms with Gasteiger partial charge in [0.2, 0.25) is 5.76 Å². The average molecular weight is 290 g/mol. The lowest BCUT2D eigenvalue weighted by molar-refractivity contribution is 0.0662. The van der Waals surface area contributed by atoms with Crippen molar-refractivity contribution in [2.45, 2.75) is 46.0 Å². The van der Waals surface area contributed by atoms with E-state index in [1.54, 1.807) is 7.11 Å². The molecule has 0 atom stereocenters. The Balaban J connectivity index is 2.94. The van der Waals surface area contributed by atoms with Crippen molar-refractivity contribution in [2.24, 2.45) is 0 Å². The molecule has 0 saturated carbocycles. The summed E-state index contributed by atoms with van der Waals surface area (Å²) in [6.07, 6.45) is 0. The molecule has 2 aromatic rings. The molecule has 4 nitrogen and oxygen atoms in total. The maximum Gasteiger partial charge on any atom is 0.372 e. The van der Waals surface area contributed by atoms with Gasteiger partial charge in [0.15, 0.2) is 0 Å². The molecule has 1 heterocycles. The van der Waals surface area contributed by atoms with Crippen LogP contribution in [0.3, 0.4) is 0 Å². The molecule has 0 radical (unpaired) electrons. The van der Waals surface area contributed by atoms with E-state index in [9.17, 15) is 9.90 Å². The molecular formula is C17H22O4. The van der Waals surface area contributed by atoms with Crippen molar-refractivity contribution in [1.29, 1.82) is 0 Å². The van der Waals surface area contributed by atoms with Crippen LogP contribution in [0.5, 0.6) is 5.75 Å². The third-order valence-electron chi connectivity index (χ3n) is 3.62. The van der Waals surface area contributed by atoms with Gasteiger partial charge in [0, 0.05) is 16.5 Å². The van der Waals surface area contributed by atoms with Crippen LogP contribution in [0.2, 0.25) is 0 Å². The van der Waals surface area contributed by atoms with Crippen molar-refractivity contribution < 1.29 is 19.1 Å². The maximum atomic E-state index is 11.5. The van der Waals surface area contributed by atoms with Crippen LogP contribution in [-0.4, -0.2) is 18.2 Å². The van der Waals surface area contributed by atoms with E-state index in [1.807, 2.05) is 26.0 Å². The first-order valence-electron chi connectivity index (χ1n) is 7.05. The molecule has 1 aromatic carbocycles. The molecule has 0 saturated heterocycles. The SMILES string of the molecule is COc1cc(C(C)(C)C)c2oc(C(=O)O)c(C(C)C)c2c1. The number of carbonyl (C=O) groups is 1. The topological polar surface area (TPSA) is 59.7 Å². The first-order chi connectivity index (χ1) is 9.66. The van der Waals surface area contributed by atoms with Crippen molar-refractivity contribution in [3.8, 4) is 5.75 Å². The monoisotopic (exact) mass is 290 g/mol. The van der Waals surface area contributed by atoms with Gasteiger partial charge < -0.3 is 14.3 Å². The van der Waals surface area contributed by atoms with Gasteiger partial charge in [-0.3, -0.25) is 0 Å². The summed E-state index contributed by atoms with van der Waals surface area (Å²) in [5.41, 5.74) is 2.15. The van der Waals surface area contributed by atoms with Gasteiger partial charge in [-0.2, -0.15) is 0 Å². The van der Waals surface area contributed by atoms with Crippen LogP contribution in [0.25, 0.3) is 11.0 Å². The molecule has 0 unspecified atom stereocenters. The number of methoxy groups -OCH3 is 1. The summed E-state index contributed by atoms with van der Waals surface area (Å²) < 4.78 is 11.1. The second-order valence-corrected chi connectivity index (χ2v) is 6.61. The molecule has 0 aliphatic carbocycles. The van der Waals surface area contributed by atoms with Gasteiger partial charge in [-0.1, -0.05) is 34.6 Å². The number of rotatable bonds is 3. The van der Waals surface area contributed by atoms with Crippen LogP contribution in [0.1, 0.15) is 62.2 Å². The van der Waals surface area contributed by atoms with E-state index < -0.39 is 5.97 Å². The van der Waals surface area contributed by atoms with E-state index in [0.29, 0.717) is 11.3 Å². The minimum atomic E-state index is -1.03.